The topological polar surface area (TPSA) is 0 Å². The second-order valence-corrected chi connectivity index (χ2v) is 2.29. The molecule has 0 unspecified atom stereocenters. The summed E-state index contributed by atoms with van der Waals surface area (Å²) in [5.41, 5.74) is 2.09. The minimum absolute atomic E-state index is 0.168. The maximum atomic E-state index is 12.5. The highest BCUT2D eigenvalue weighted by Crippen LogP contribution is 1.97. The van der Waals surface area contributed by atoms with Crippen LogP contribution in [0.1, 0.15) is 5.56 Å². The van der Waals surface area contributed by atoms with Gasteiger partial charge in [-0.05, 0) is 13.0 Å². The summed E-state index contributed by atoms with van der Waals surface area (Å²) in [5.74, 6) is -0.168. The number of benzene rings is 1. The second-order valence-electron chi connectivity index (χ2n) is 2.29. The molecule has 0 fully saturated rings. The molecule has 1 aromatic rings. The van der Waals surface area contributed by atoms with E-state index in [1.807, 2.05) is 21.0 Å². The molecule has 0 aliphatic carbocycles. The summed E-state index contributed by atoms with van der Waals surface area (Å²) in [4.78, 5) is 0. The SMILES string of the molecule is C[B-]c1cc(F)ccc1C. The molecule has 2 radical (unpaired) electrons. The number of aryl methyl sites for hydroxylation is 1. The Morgan fingerprint density at radius 1 is 1.40 bits per heavy atom. The first-order valence-corrected chi connectivity index (χ1v) is 3.29. The Balaban J connectivity index is 3.09. The highest BCUT2D eigenvalue weighted by Gasteiger charge is 1.87. The van der Waals surface area contributed by atoms with Crippen LogP contribution in [0.4, 0.5) is 4.39 Å². The van der Waals surface area contributed by atoms with Gasteiger partial charge in [0.1, 0.15) is 5.82 Å². The molecule has 0 nitrogen and oxygen atoms in total. The van der Waals surface area contributed by atoms with E-state index >= 15 is 0 Å². The third kappa shape index (κ3) is 1.38. The van der Waals surface area contributed by atoms with Gasteiger partial charge in [0, 0.05) is 0 Å². The Morgan fingerprint density at radius 3 is 2.60 bits per heavy atom. The van der Waals surface area contributed by atoms with E-state index in [4.69, 9.17) is 0 Å². The number of halogens is 1. The lowest BCUT2D eigenvalue weighted by molar-refractivity contribution is 0.628. The molecular formula is C8H9BF-. The van der Waals surface area contributed by atoms with Crippen molar-refractivity contribution in [2.24, 2.45) is 0 Å². The van der Waals surface area contributed by atoms with E-state index < -0.39 is 0 Å². The molecular weight excluding hydrogens is 126 g/mol. The minimum atomic E-state index is -0.168. The van der Waals surface area contributed by atoms with Gasteiger partial charge in [-0.25, -0.2) is 11.2 Å². The molecule has 0 spiro atoms. The lowest BCUT2D eigenvalue weighted by Gasteiger charge is -2.12. The van der Waals surface area contributed by atoms with Gasteiger partial charge in [0.05, 0.1) is 0 Å². The van der Waals surface area contributed by atoms with Crippen molar-refractivity contribution in [2.75, 3.05) is 0 Å². The van der Waals surface area contributed by atoms with Crippen LogP contribution in [0.5, 0.6) is 0 Å². The predicted octanol–water partition coefficient (Wildman–Crippen LogP) is 1.51. The van der Waals surface area contributed by atoms with Crippen LogP contribution in [-0.4, -0.2) is 7.28 Å². The molecule has 2 heteroatoms. The van der Waals surface area contributed by atoms with Crippen molar-refractivity contribution in [1.82, 2.24) is 0 Å². The molecule has 0 bridgehead atoms. The number of hydrogen-bond acceptors (Lipinski definition) is 0. The van der Waals surface area contributed by atoms with Crippen molar-refractivity contribution in [3.8, 4) is 0 Å². The molecule has 0 atom stereocenters. The van der Waals surface area contributed by atoms with Crippen molar-refractivity contribution < 1.29 is 4.39 Å². The average Bonchev–Trinajstić information content (AvgIpc) is 1.94. The molecule has 52 valence electrons. The van der Waals surface area contributed by atoms with Gasteiger partial charge in [-0.3, -0.25) is 5.46 Å². The van der Waals surface area contributed by atoms with Crippen molar-refractivity contribution >= 4 is 12.7 Å². The average molecular weight is 135 g/mol. The fourth-order valence-corrected chi connectivity index (χ4v) is 0.922. The van der Waals surface area contributed by atoms with Crippen LogP contribution in [0.25, 0.3) is 0 Å². The standard InChI is InChI=1S/C8H9BF/c1-6-3-4-7(10)5-8(6)9-2/h3-5H,1-2H3/q-1. The molecule has 0 saturated heterocycles. The molecule has 0 aliphatic rings. The summed E-state index contributed by atoms with van der Waals surface area (Å²) >= 11 is 0. The molecule has 1 aromatic carbocycles. The first kappa shape index (κ1) is 7.32. The van der Waals surface area contributed by atoms with E-state index in [-0.39, 0.29) is 5.82 Å². The second kappa shape index (κ2) is 2.87. The summed E-state index contributed by atoms with van der Waals surface area (Å²) < 4.78 is 12.5. The highest BCUT2D eigenvalue weighted by molar-refractivity contribution is 6.52. The molecule has 0 aromatic heterocycles. The molecule has 0 heterocycles. The Bertz CT molecular complexity index is 233. The zero-order chi connectivity index (χ0) is 7.56. The van der Waals surface area contributed by atoms with Gasteiger partial charge in [-0.15, -0.1) is 0 Å². The summed E-state index contributed by atoms with van der Waals surface area (Å²) in [6, 6.07) is 4.79. The van der Waals surface area contributed by atoms with Crippen LogP contribution in [0.15, 0.2) is 18.2 Å². The normalized spacial score (nSPS) is 9.90. The van der Waals surface area contributed by atoms with E-state index in [1.165, 1.54) is 12.1 Å². The zero-order valence-corrected chi connectivity index (χ0v) is 6.19. The lowest BCUT2D eigenvalue weighted by Crippen LogP contribution is -2.14. The van der Waals surface area contributed by atoms with E-state index in [1.54, 1.807) is 6.07 Å². The Kier molecular flexibility index (Phi) is 2.10. The molecule has 10 heavy (non-hydrogen) atoms. The maximum absolute atomic E-state index is 12.5. The summed E-state index contributed by atoms with van der Waals surface area (Å²) in [6.07, 6.45) is 0. The van der Waals surface area contributed by atoms with Gasteiger partial charge in [0.2, 0.25) is 0 Å². The van der Waals surface area contributed by atoms with E-state index in [2.05, 4.69) is 0 Å². The monoisotopic (exact) mass is 135 g/mol. The van der Waals surface area contributed by atoms with Gasteiger partial charge < -0.3 is 7.28 Å². The van der Waals surface area contributed by atoms with Crippen LogP contribution in [0.3, 0.4) is 0 Å². The summed E-state index contributed by atoms with van der Waals surface area (Å²) in [5, 5.41) is 0. The van der Waals surface area contributed by atoms with Gasteiger partial charge in [-0.1, -0.05) is 17.7 Å². The van der Waals surface area contributed by atoms with Crippen LogP contribution < -0.4 is 5.46 Å². The van der Waals surface area contributed by atoms with Crippen LogP contribution in [0, 0.1) is 12.7 Å². The number of hydrogen-bond donors (Lipinski definition) is 0. The van der Waals surface area contributed by atoms with Gasteiger partial charge >= 0.3 is 0 Å². The summed E-state index contributed by atoms with van der Waals surface area (Å²) in [6.45, 7) is 3.87. The minimum Gasteiger partial charge on any atom is -0.301 e. The number of rotatable bonds is 1. The van der Waals surface area contributed by atoms with Gasteiger partial charge in [0.15, 0.2) is 0 Å². The predicted molar refractivity (Wildman–Crippen MR) is 42.4 cm³/mol. The van der Waals surface area contributed by atoms with E-state index in [9.17, 15) is 4.39 Å². The fourth-order valence-electron chi connectivity index (χ4n) is 0.922. The van der Waals surface area contributed by atoms with Crippen molar-refractivity contribution in [2.45, 2.75) is 13.7 Å². The first-order chi connectivity index (χ1) is 4.74. The van der Waals surface area contributed by atoms with Crippen molar-refractivity contribution in [3.05, 3.63) is 29.6 Å². The van der Waals surface area contributed by atoms with Crippen LogP contribution >= 0.6 is 0 Å². The lowest BCUT2D eigenvalue weighted by atomic mass is 9.71. The fraction of sp³-hybridized carbons (Fsp3) is 0.250. The van der Waals surface area contributed by atoms with Crippen LogP contribution in [-0.2, 0) is 0 Å². The molecule has 0 saturated carbocycles. The molecule has 0 N–H and O–H groups in total. The molecule has 0 amide bonds. The quantitative estimate of drug-likeness (QED) is 0.512. The van der Waals surface area contributed by atoms with Gasteiger partial charge in [0.25, 0.3) is 0 Å². The van der Waals surface area contributed by atoms with Crippen molar-refractivity contribution in [3.63, 3.8) is 0 Å². The van der Waals surface area contributed by atoms with E-state index in [0.29, 0.717) is 0 Å². The Labute approximate surface area is 61.3 Å². The first-order valence-electron chi connectivity index (χ1n) is 3.29. The van der Waals surface area contributed by atoms with Crippen LogP contribution in [0.2, 0.25) is 6.82 Å². The van der Waals surface area contributed by atoms with Crippen molar-refractivity contribution in [1.29, 1.82) is 0 Å². The zero-order valence-electron chi connectivity index (χ0n) is 6.19. The van der Waals surface area contributed by atoms with E-state index in [0.717, 1.165) is 11.0 Å². The molecule has 1 rings (SSSR count). The van der Waals surface area contributed by atoms with Gasteiger partial charge in [-0.2, -0.15) is 0 Å². The largest absolute Gasteiger partial charge is 0.301 e. The maximum Gasteiger partial charge on any atom is 0.119 e. The smallest absolute Gasteiger partial charge is 0.119 e. The third-order valence-corrected chi connectivity index (χ3v) is 1.55. The molecule has 0 aliphatic heterocycles. The highest BCUT2D eigenvalue weighted by atomic mass is 19.1. The Hall–Kier alpha value is -0.785. The summed E-state index contributed by atoms with van der Waals surface area (Å²) in [7, 11) is 1.90. The third-order valence-electron chi connectivity index (χ3n) is 1.55. The Morgan fingerprint density at radius 2 is 2.10 bits per heavy atom.